The third-order valence-corrected chi connectivity index (χ3v) is 6.52. The highest BCUT2D eigenvalue weighted by molar-refractivity contribution is 5.95. The Morgan fingerprint density at radius 2 is 1.63 bits per heavy atom. The van der Waals surface area contributed by atoms with Gasteiger partial charge in [-0.3, -0.25) is 4.79 Å². The van der Waals surface area contributed by atoms with Crippen LogP contribution in [0.25, 0.3) is 16.9 Å². The van der Waals surface area contributed by atoms with Crippen LogP contribution in [-0.4, -0.2) is 23.3 Å². The van der Waals surface area contributed by atoms with Gasteiger partial charge in [-0.05, 0) is 85.6 Å². The molecule has 0 fully saturated rings. The zero-order valence-corrected chi connectivity index (χ0v) is 22.9. The number of carbonyl (C=O) groups is 1. The molecule has 0 radical (unpaired) electrons. The van der Waals surface area contributed by atoms with Crippen LogP contribution in [0.3, 0.4) is 0 Å². The van der Waals surface area contributed by atoms with Gasteiger partial charge in [0.1, 0.15) is 12.4 Å². The van der Waals surface area contributed by atoms with Gasteiger partial charge in [0, 0.05) is 22.5 Å². The van der Waals surface area contributed by atoms with Crippen molar-refractivity contribution in [2.45, 2.75) is 20.5 Å². The Labute approximate surface area is 238 Å². The number of hydrazone groups is 1. The highest BCUT2D eigenvalue weighted by atomic mass is 19.1. The summed E-state index contributed by atoms with van der Waals surface area (Å²) in [4.78, 5) is 12.8. The first-order chi connectivity index (χ1) is 20.0. The van der Waals surface area contributed by atoms with Gasteiger partial charge in [-0.15, -0.1) is 0 Å². The second kappa shape index (κ2) is 12.8. The molecule has 41 heavy (non-hydrogen) atoms. The van der Waals surface area contributed by atoms with Gasteiger partial charge in [-0.1, -0.05) is 48.5 Å². The van der Waals surface area contributed by atoms with E-state index in [0.717, 1.165) is 22.6 Å². The lowest BCUT2D eigenvalue weighted by molar-refractivity contribution is 0.0955. The van der Waals surface area contributed by atoms with Crippen molar-refractivity contribution < 1.29 is 18.7 Å². The zero-order valence-electron chi connectivity index (χ0n) is 22.9. The van der Waals surface area contributed by atoms with Crippen molar-refractivity contribution in [2.24, 2.45) is 5.10 Å². The van der Waals surface area contributed by atoms with E-state index >= 15 is 0 Å². The summed E-state index contributed by atoms with van der Waals surface area (Å²) >= 11 is 0. The number of nitrogens with zero attached hydrogens (tertiary/aromatic N) is 2. The van der Waals surface area contributed by atoms with Crippen LogP contribution in [0, 0.1) is 12.7 Å². The molecule has 206 valence electrons. The van der Waals surface area contributed by atoms with E-state index in [1.165, 1.54) is 12.3 Å². The average Bonchev–Trinajstić information content (AvgIpc) is 3.39. The van der Waals surface area contributed by atoms with Gasteiger partial charge < -0.3 is 14.0 Å². The van der Waals surface area contributed by atoms with E-state index in [-0.39, 0.29) is 18.3 Å². The van der Waals surface area contributed by atoms with Crippen LogP contribution < -0.4 is 14.9 Å². The number of ether oxygens (including phenoxy) is 2. The smallest absolute Gasteiger partial charge is 0.271 e. The van der Waals surface area contributed by atoms with Crippen LogP contribution in [0.4, 0.5) is 4.39 Å². The van der Waals surface area contributed by atoms with E-state index < -0.39 is 0 Å². The van der Waals surface area contributed by atoms with Crippen molar-refractivity contribution >= 4 is 12.1 Å². The lowest BCUT2D eigenvalue weighted by Gasteiger charge is -2.13. The number of nitrogens with one attached hydrogen (secondary N) is 1. The molecule has 0 spiro atoms. The molecule has 0 saturated carbocycles. The maximum absolute atomic E-state index is 13.9. The monoisotopic (exact) mass is 547 g/mol. The fraction of sp³-hybridized carbons (Fsp3) is 0.118. The molecule has 1 N–H and O–H groups in total. The zero-order chi connectivity index (χ0) is 28.6. The number of halogens is 1. The summed E-state index contributed by atoms with van der Waals surface area (Å²) in [5.41, 5.74) is 8.50. The average molecular weight is 548 g/mol. The van der Waals surface area contributed by atoms with Gasteiger partial charge in [0.15, 0.2) is 11.5 Å². The van der Waals surface area contributed by atoms with Crippen LogP contribution in [0.2, 0.25) is 0 Å². The van der Waals surface area contributed by atoms with E-state index in [1.807, 2.05) is 37.3 Å². The number of hydrogen-bond acceptors (Lipinski definition) is 4. The lowest BCUT2D eigenvalue weighted by atomic mass is 10.1. The minimum absolute atomic E-state index is 0.0759. The lowest BCUT2D eigenvalue weighted by Crippen LogP contribution is -2.17. The first-order valence-electron chi connectivity index (χ1n) is 13.3. The van der Waals surface area contributed by atoms with E-state index in [9.17, 15) is 9.18 Å². The minimum atomic E-state index is -0.324. The number of aromatic nitrogens is 1. The molecular formula is C34H30FN3O3. The van der Waals surface area contributed by atoms with Crippen molar-refractivity contribution in [1.29, 1.82) is 0 Å². The fourth-order valence-electron chi connectivity index (χ4n) is 4.47. The molecule has 0 unspecified atom stereocenters. The van der Waals surface area contributed by atoms with E-state index in [2.05, 4.69) is 46.3 Å². The summed E-state index contributed by atoms with van der Waals surface area (Å²) in [6.07, 6.45) is 1.53. The van der Waals surface area contributed by atoms with Gasteiger partial charge in [0.25, 0.3) is 5.91 Å². The van der Waals surface area contributed by atoms with Crippen molar-refractivity contribution in [3.05, 3.63) is 137 Å². The van der Waals surface area contributed by atoms with Crippen molar-refractivity contribution in [1.82, 2.24) is 9.99 Å². The molecule has 1 amide bonds. The molecule has 0 aliphatic carbocycles. The van der Waals surface area contributed by atoms with Crippen molar-refractivity contribution in [3.8, 4) is 28.4 Å². The summed E-state index contributed by atoms with van der Waals surface area (Å²) in [6, 6.07) is 33.5. The minimum Gasteiger partial charge on any atom is -0.490 e. The molecule has 4 aromatic carbocycles. The summed E-state index contributed by atoms with van der Waals surface area (Å²) in [7, 11) is 0. The molecule has 7 heteroatoms. The van der Waals surface area contributed by atoms with Gasteiger partial charge in [-0.25, -0.2) is 9.82 Å². The van der Waals surface area contributed by atoms with Crippen LogP contribution in [0.15, 0.2) is 114 Å². The predicted molar refractivity (Wildman–Crippen MR) is 159 cm³/mol. The topological polar surface area (TPSA) is 64.8 Å². The van der Waals surface area contributed by atoms with Crippen LogP contribution >= 0.6 is 0 Å². The number of hydrogen-bond donors (Lipinski definition) is 1. The second-order valence-corrected chi connectivity index (χ2v) is 9.33. The molecule has 5 rings (SSSR count). The Balaban J connectivity index is 1.24. The highest BCUT2D eigenvalue weighted by Gasteiger charge is 2.12. The summed E-state index contributed by atoms with van der Waals surface area (Å²) < 4.78 is 27.6. The molecule has 0 bridgehead atoms. The molecule has 0 aliphatic rings. The molecule has 5 aromatic rings. The van der Waals surface area contributed by atoms with Crippen molar-refractivity contribution in [3.63, 3.8) is 0 Å². The van der Waals surface area contributed by atoms with Crippen LogP contribution in [0.1, 0.15) is 34.1 Å². The first kappa shape index (κ1) is 27.4. The SMILES string of the molecule is CCOc1cc(/C=N/NC(=O)c2ccc(-n3c(C)ccc3-c3ccccc3)cc2)ccc1OCc1ccccc1F. The van der Waals surface area contributed by atoms with E-state index in [0.29, 0.717) is 34.8 Å². The quantitative estimate of drug-likeness (QED) is 0.147. The van der Waals surface area contributed by atoms with Gasteiger partial charge in [-0.2, -0.15) is 5.10 Å². The largest absolute Gasteiger partial charge is 0.490 e. The standard InChI is InChI=1S/C34H30FN3O3/c1-3-40-33-21-25(14-20-32(33)41-23-28-11-7-8-12-30(28)35)22-36-37-34(39)27-15-17-29(18-16-27)38-24(2)13-19-31(38)26-9-5-4-6-10-26/h4-22H,3,23H2,1-2H3,(H,37,39)/b36-22+. The molecule has 0 saturated heterocycles. The van der Waals surface area contributed by atoms with Crippen LogP contribution in [0.5, 0.6) is 11.5 Å². The van der Waals surface area contributed by atoms with E-state index in [4.69, 9.17) is 9.47 Å². The molecular weight excluding hydrogens is 517 g/mol. The Bertz CT molecular complexity index is 1660. The number of benzene rings is 4. The summed E-state index contributed by atoms with van der Waals surface area (Å²) in [5, 5.41) is 4.12. The number of carbonyl (C=O) groups excluding carboxylic acids is 1. The Morgan fingerprint density at radius 1 is 0.878 bits per heavy atom. The van der Waals surface area contributed by atoms with Gasteiger partial charge in [0.2, 0.25) is 0 Å². The molecule has 0 atom stereocenters. The number of rotatable bonds is 10. The number of aryl methyl sites for hydroxylation is 1. The Kier molecular flexibility index (Phi) is 8.55. The van der Waals surface area contributed by atoms with Crippen LogP contribution in [-0.2, 0) is 6.61 Å². The van der Waals surface area contributed by atoms with Gasteiger partial charge in [0.05, 0.1) is 18.5 Å². The van der Waals surface area contributed by atoms with Gasteiger partial charge >= 0.3 is 0 Å². The number of amides is 1. The maximum atomic E-state index is 13.9. The third kappa shape index (κ3) is 6.53. The normalized spacial score (nSPS) is 11.0. The van der Waals surface area contributed by atoms with E-state index in [1.54, 1.807) is 48.5 Å². The molecule has 1 aromatic heterocycles. The summed E-state index contributed by atoms with van der Waals surface area (Å²) in [6.45, 7) is 4.43. The third-order valence-electron chi connectivity index (χ3n) is 6.52. The molecule has 1 heterocycles. The molecule has 0 aliphatic heterocycles. The van der Waals surface area contributed by atoms with Crippen molar-refractivity contribution in [2.75, 3.05) is 6.61 Å². The maximum Gasteiger partial charge on any atom is 0.271 e. The molecule has 6 nitrogen and oxygen atoms in total. The first-order valence-corrected chi connectivity index (χ1v) is 13.3. The Hall–Kier alpha value is -5.17. The predicted octanol–water partition coefficient (Wildman–Crippen LogP) is 7.33. The summed E-state index contributed by atoms with van der Waals surface area (Å²) in [5.74, 6) is 0.348. The second-order valence-electron chi connectivity index (χ2n) is 9.33. The highest BCUT2D eigenvalue weighted by Crippen LogP contribution is 2.29. The Morgan fingerprint density at radius 3 is 2.39 bits per heavy atom. The fourth-order valence-corrected chi connectivity index (χ4v) is 4.47.